The lowest BCUT2D eigenvalue weighted by molar-refractivity contribution is -0.139. The molecule has 1 atom stereocenters. The fourth-order valence-corrected chi connectivity index (χ4v) is 2.50. The number of carbonyl (C=O) groups excluding carboxylic acids is 1. The lowest BCUT2D eigenvalue weighted by atomic mass is 10.1. The number of carboxylic acid groups (broad SMARTS) is 1. The molecule has 7 nitrogen and oxygen atoms in total. The van der Waals surface area contributed by atoms with Crippen molar-refractivity contribution in [1.82, 2.24) is 15.5 Å². The van der Waals surface area contributed by atoms with Crippen LogP contribution in [0.1, 0.15) is 22.1 Å². The number of aromatic nitrogens is 2. The highest BCUT2D eigenvalue weighted by molar-refractivity contribution is 6.30. The summed E-state index contributed by atoms with van der Waals surface area (Å²) in [6, 6.07) is 12.8. The minimum atomic E-state index is -1.22. The van der Waals surface area contributed by atoms with Crippen LogP contribution in [0.3, 0.4) is 0 Å². The number of H-pyrrole nitrogens is 1. The molecule has 132 valence electrons. The van der Waals surface area contributed by atoms with Crippen molar-refractivity contribution in [1.29, 1.82) is 0 Å². The number of phenols is 1. The van der Waals surface area contributed by atoms with E-state index in [2.05, 4.69) is 15.5 Å². The minimum absolute atomic E-state index is 0.119. The minimum Gasteiger partial charge on any atom is -0.508 e. The lowest BCUT2D eigenvalue weighted by Gasteiger charge is -2.14. The van der Waals surface area contributed by atoms with Crippen molar-refractivity contribution in [2.75, 3.05) is 0 Å². The number of aliphatic carboxylic acids is 1. The van der Waals surface area contributed by atoms with E-state index >= 15 is 0 Å². The number of aromatic amines is 1. The Labute approximate surface area is 153 Å². The number of hydrogen-bond donors (Lipinski definition) is 4. The van der Waals surface area contributed by atoms with Crippen LogP contribution in [0.15, 0.2) is 54.6 Å². The summed E-state index contributed by atoms with van der Waals surface area (Å²) in [6.45, 7) is 0. The molecule has 1 aromatic heterocycles. The van der Waals surface area contributed by atoms with Gasteiger partial charge in [-0.3, -0.25) is 9.89 Å². The van der Waals surface area contributed by atoms with Crippen molar-refractivity contribution >= 4 is 23.5 Å². The molecule has 0 saturated heterocycles. The van der Waals surface area contributed by atoms with Crippen molar-refractivity contribution < 1.29 is 19.8 Å². The fourth-order valence-electron chi connectivity index (χ4n) is 2.37. The zero-order chi connectivity index (χ0) is 18.7. The number of halogens is 1. The monoisotopic (exact) mass is 371 g/mol. The number of aromatic hydroxyl groups is 1. The van der Waals surface area contributed by atoms with Crippen LogP contribution in [0.4, 0.5) is 0 Å². The Balaban J connectivity index is 1.79. The second-order valence-corrected chi connectivity index (χ2v) is 5.95. The average molecular weight is 372 g/mol. The summed E-state index contributed by atoms with van der Waals surface area (Å²) in [6.07, 6.45) is 0. The molecule has 3 aromatic rings. The molecule has 0 bridgehead atoms. The topological polar surface area (TPSA) is 115 Å². The number of benzene rings is 2. The molecule has 0 radical (unpaired) electrons. The summed E-state index contributed by atoms with van der Waals surface area (Å²) in [5.41, 5.74) is 1.71. The van der Waals surface area contributed by atoms with Crippen molar-refractivity contribution in [3.8, 4) is 17.0 Å². The van der Waals surface area contributed by atoms with Crippen LogP contribution in [0.2, 0.25) is 5.02 Å². The molecule has 1 amide bonds. The Morgan fingerprint density at radius 2 is 1.73 bits per heavy atom. The Morgan fingerprint density at radius 1 is 1.08 bits per heavy atom. The number of nitrogens with one attached hydrogen (secondary N) is 2. The van der Waals surface area contributed by atoms with Gasteiger partial charge in [0, 0.05) is 10.6 Å². The highest BCUT2D eigenvalue weighted by Gasteiger charge is 2.23. The van der Waals surface area contributed by atoms with Gasteiger partial charge in [-0.15, -0.1) is 0 Å². The quantitative estimate of drug-likeness (QED) is 0.550. The summed E-state index contributed by atoms with van der Waals surface area (Å²) < 4.78 is 0. The first kappa shape index (κ1) is 17.5. The van der Waals surface area contributed by atoms with Gasteiger partial charge in [-0.25, -0.2) is 4.79 Å². The Hall–Kier alpha value is -3.32. The average Bonchev–Trinajstić information content (AvgIpc) is 3.11. The first-order valence-electron chi connectivity index (χ1n) is 7.58. The Kier molecular flexibility index (Phi) is 4.90. The maximum Gasteiger partial charge on any atom is 0.330 e. The molecule has 26 heavy (non-hydrogen) atoms. The fraction of sp³-hybridized carbons (Fsp3) is 0.0556. The van der Waals surface area contributed by atoms with Gasteiger partial charge in [0.15, 0.2) is 6.04 Å². The number of amides is 1. The standard InChI is InChI=1S/C18H14ClN3O4/c19-12-5-1-11(2-6-12)16(18(25)26)20-17(24)15-9-14(21-22-15)10-3-7-13(23)8-4-10/h1-9,16,23H,(H,20,24)(H,21,22)(H,25,26). The third-order valence-electron chi connectivity index (χ3n) is 3.71. The maximum atomic E-state index is 12.4. The van der Waals surface area contributed by atoms with Gasteiger partial charge in [-0.05, 0) is 48.0 Å². The number of carboxylic acids is 1. The molecule has 0 saturated carbocycles. The van der Waals surface area contributed by atoms with E-state index in [-0.39, 0.29) is 11.4 Å². The third-order valence-corrected chi connectivity index (χ3v) is 3.96. The molecule has 0 aliphatic heterocycles. The smallest absolute Gasteiger partial charge is 0.330 e. The Bertz CT molecular complexity index is 936. The molecule has 1 heterocycles. The first-order chi connectivity index (χ1) is 12.4. The predicted molar refractivity (Wildman–Crippen MR) is 95.0 cm³/mol. The van der Waals surface area contributed by atoms with E-state index in [1.54, 1.807) is 24.3 Å². The molecular weight excluding hydrogens is 358 g/mol. The van der Waals surface area contributed by atoms with Gasteiger partial charge in [0.05, 0.1) is 5.69 Å². The third kappa shape index (κ3) is 3.84. The SMILES string of the molecule is O=C(NC(C(=O)O)c1ccc(Cl)cc1)c1cc(-c2ccc(O)cc2)n[nH]1. The van der Waals surface area contributed by atoms with Gasteiger partial charge in [-0.2, -0.15) is 5.10 Å². The van der Waals surface area contributed by atoms with Gasteiger partial charge >= 0.3 is 5.97 Å². The number of hydrogen-bond acceptors (Lipinski definition) is 4. The lowest BCUT2D eigenvalue weighted by Crippen LogP contribution is -2.33. The van der Waals surface area contributed by atoms with Crippen LogP contribution in [-0.2, 0) is 4.79 Å². The van der Waals surface area contributed by atoms with Crippen LogP contribution in [-0.4, -0.2) is 32.3 Å². The van der Waals surface area contributed by atoms with Gasteiger partial charge in [0.1, 0.15) is 11.4 Å². The predicted octanol–water partition coefficient (Wildman–Crippen LogP) is 2.99. The molecule has 4 N–H and O–H groups in total. The van der Waals surface area contributed by atoms with Gasteiger partial charge in [-0.1, -0.05) is 23.7 Å². The highest BCUT2D eigenvalue weighted by Crippen LogP contribution is 2.21. The maximum absolute atomic E-state index is 12.4. The zero-order valence-electron chi connectivity index (χ0n) is 13.3. The summed E-state index contributed by atoms with van der Waals surface area (Å²) in [5, 5.41) is 28.3. The van der Waals surface area contributed by atoms with Gasteiger partial charge in [0.25, 0.3) is 5.91 Å². The number of phenolic OH excluding ortho intramolecular Hbond substituents is 1. The van der Waals surface area contributed by atoms with E-state index in [1.807, 2.05) is 0 Å². The molecule has 0 aliphatic rings. The van der Waals surface area contributed by atoms with E-state index in [1.165, 1.54) is 30.3 Å². The number of carbonyl (C=O) groups is 2. The molecule has 8 heteroatoms. The van der Waals surface area contributed by atoms with E-state index in [0.717, 1.165) is 0 Å². The normalized spacial score (nSPS) is 11.7. The first-order valence-corrected chi connectivity index (χ1v) is 7.96. The largest absolute Gasteiger partial charge is 0.508 e. The van der Waals surface area contributed by atoms with Crippen molar-refractivity contribution in [2.24, 2.45) is 0 Å². The van der Waals surface area contributed by atoms with Crippen LogP contribution in [0, 0.1) is 0 Å². The molecule has 1 unspecified atom stereocenters. The van der Waals surface area contributed by atoms with E-state index < -0.39 is 17.9 Å². The number of rotatable bonds is 5. The van der Waals surface area contributed by atoms with Crippen molar-refractivity contribution in [3.05, 3.63) is 70.9 Å². The molecule has 2 aromatic carbocycles. The molecule has 0 fully saturated rings. The molecule has 0 spiro atoms. The van der Waals surface area contributed by atoms with E-state index in [0.29, 0.717) is 21.8 Å². The summed E-state index contributed by atoms with van der Waals surface area (Å²) >= 11 is 5.80. The van der Waals surface area contributed by atoms with E-state index in [4.69, 9.17) is 11.6 Å². The number of nitrogens with zero attached hydrogens (tertiary/aromatic N) is 1. The van der Waals surface area contributed by atoms with Crippen LogP contribution in [0.5, 0.6) is 5.75 Å². The van der Waals surface area contributed by atoms with Crippen LogP contribution < -0.4 is 5.32 Å². The molecular formula is C18H14ClN3O4. The second kappa shape index (κ2) is 7.28. The van der Waals surface area contributed by atoms with Crippen LogP contribution in [0.25, 0.3) is 11.3 Å². The molecule has 0 aliphatic carbocycles. The summed E-state index contributed by atoms with van der Waals surface area (Å²) in [4.78, 5) is 23.9. The Morgan fingerprint density at radius 3 is 2.35 bits per heavy atom. The van der Waals surface area contributed by atoms with Crippen LogP contribution >= 0.6 is 11.6 Å². The van der Waals surface area contributed by atoms with E-state index in [9.17, 15) is 19.8 Å². The van der Waals surface area contributed by atoms with Crippen molar-refractivity contribution in [2.45, 2.75) is 6.04 Å². The summed E-state index contributed by atoms with van der Waals surface area (Å²) in [5.74, 6) is -1.68. The zero-order valence-corrected chi connectivity index (χ0v) is 14.1. The molecule has 3 rings (SSSR count). The second-order valence-electron chi connectivity index (χ2n) is 5.51. The van der Waals surface area contributed by atoms with Gasteiger partial charge in [0.2, 0.25) is 0 Å². The highest BCUT2D eigenvalue weighted by atomic mass is 35.5. The summed E-state index contributed by atoms with van der Waals surface area (Å²) in [7, 11) is 0. The van der Waals surface area contributed by atoms with Crippen molar-refractivity contribution in [3.63, 3.8) is 0 Å². The van der Waals surface area contributed by atoms with Gasteiger partial charge < -0.3 is 15.5 Å².